The average Bonchev–Trinajstić information content (AvgIpc) is 3.47. The molecule has 3 aromatic rings. The molecule has 1 aliphatic heterocycles. The third kappa shape index (κ3) is 5.15. The minimum absolute atomic E-state index is 0.0537. The zero-order valence-corrected chi connectivity index (χ0v) is 19.9. The molecule has 0 saturated carbocycles. The van der Waals surface area contributed by atoms with E-state index in [0.717, 1.165) is 11.3 Å². The predicted molar refractivity (Wildman–Crippen MR) is 125 cm³/mol. The van der Waals surface area contributed by atoms with Crippen LogP contribution in [0.5, 0.6) is 5.75 Å². The van der Waals surface area contributed by atoms with Crippen molar-refractivity contribution >= 4 is 44.6 Å². The van der Waals surface area contributed by atoms with E-state index in [-0.39, 0.29) is 35.6 Å². The van der Waals surface area contributed by atoms with E-state index in [4.69, 9.17) is 9.26 Å². The molecule has 11 heteroatoms. The second-order valence-electron chi connectivity index (χ2n) is 7.57. The average molecular weight is 489 g/mol. The minimum atomic E-state index is -3.83. The summed E-state index contributed by atoms with van der Waals surface area (Å²) in [5, 5.41) is 9.00. The molecule has 0 radical (unpaired) electrons. The van der Waals surface area contributed by atoms with E-state index in [0.29, 0.717) is 23.7 Å². The highest BCUT2D eigenvalue weighted by Gasteiger charge is 2.36. The fourth-order valence-electron chi connectivity index (χ4n) is 3.67. The maximum absolute atomic E-state index is 13.4. The molecule has 1 amide bonds. The van der Waals surface area contributed by atoms with Crippen molar-refractivity contribution in [2.75, 3.05) is 25.5 Å². The summed E-state index contributed by atoms with van der Waals surface area (Å²) in [6.45, 7) is 2.09. The van der Waals surface area contributed by atoms with Gasteiger partial charge >= 0.3 is 0 Å². The van der Waals surface area contributed by atoms with Crippen molar-refractivity contribution in [3.05, 3.63) is 52.9 Å². The standard InChI is InChI=1S/C22H24N4O5S2/c1-15-20(19(31-25-15)8-5-16-3-6-18(30-2)7-4-16)33(28,29)26-12-9-17(10-13-26)21(27)24-22-23-11-14-32-22/h3-8,11,14,17H,9-10,12-13H2,1-2H3,(H,23,24,27). The van der Waals surface area contributed by atoms with Gasteiger partial charge in [-0.25, -0.2) is 13.4 Å². The fraction of sp³-hybridized carbons (Fsp3) is 0.318. The van der Waals surface area contributed by atoms with E-state index in [9.17, 15) is 13.2 Å². The zero-order valence-electron chi connectivity index (χ0n) is 18.2. The lowest BCUT2D eigenvalue weighted by molar-refractivity contribution is -0.120. The number of anilines is 1. The molecular weight excluding hydrogens is 464 g/mol. The maximum Gasteiger partial charge on any atom is 0.248 e. The normalized spacial score (nSPS) is 15.7. The first kappa shape index (κ1) is 23.1. The van der Waals surface area contributed by atoms with Gasteiger partial charge in [0.25, 0.3) is 0 Å². The molecule has 3 heterocycles. The van der Waals surface area contributed by atoms with Gasteiger partial charge in [0.2, 0.25) is 15.9 Å². The van der Waals surface area contributed by atoms with Gasteiger partial charge in [-0.2, -0.15) is 4.31 Å². The van der Waals surface area contributed by atoms with Gasteiger partial charge in [-0.3, -0.25) is 4.79 Å². The number of rotatable bonds is 7. The van der Waals surface area contributed by atoms with Crippen LogP contribution >= 0.6 is 11.3 Å². The molecule has 2 aromatic heterocycles. The van der Waals surface area contributed by atoms with Crippen LogP contribution in [0.2, 0.25) is 0 Å². The Bertz CT molecular complexity index is 1230. The predicted octanol–water partition coefficient (Wildman–Crippen LogP) is 3.66. The van der Waals surface area contributed by atoms with Crippen LogP contribution in [-0.4, -0.2) is 49.0 Å². The Kier molecular flexibility index (Phi) is 6.91. The first-order chi connectivity index (χ1) is 15.9. The summed E-state index contributed by atoms with van der Waals surface area (Å²) in [4.78, 5) is 16.6. The highest BCUT2D eigenvalue weighted by Crippen LogP contribution is 2.30. The smallest absolute Gasteiger partial charge is 0.248 e. The molecule has 174 valence electrons. The van der Waals surface area contributed by atoms with Gasteiger partial charge < -0.3 is 14.6 Å². The van der Waals surface area contributed by atoms with E-state index >= 15 is 0 Å². The van der Waals surface area contributed by atoms with Crippen LogP contribution in [0, 0.1) is 12.8 Å². The van der Waals surface area contributed by atoms with Gasteiger partial charge in [0, 0.05) is 30.6 Å². The number of benzene rings is 1. The maximum atomic E-state index is 13.4. The number of nitrogens with one attached hydrogen (secondary N) is 1. The van der Waals surface area contributed by atoms with Crippen molar-refractivity contribution in [3.8, 4) is 5.75 Å². The number of sulfonamides is 1. The van der Waals surface area contributed by atoms with Crippen LogP contribution in [0.3, 0.4) is 0 Å². The highest BCUT2D eigenvalue weighted by molar-refractivity contribution is 7.89. The summed E-state index contributed by atoms with van der Waals surface area (Å²) < 4.78 is 38.6. The van der Waals surface area contributed by atoms with Gasteiger partial charge in [0.1, 0.15) is 11.4 Å². The summed E-state index contributed by atoms with van der Waals surface area (Å²) in [6.07, 6.45) is 5.84. The Morgan fingerprint density at radius 2 is 1.97 bits per heavy atom. The molecule has 1 aliphatic rings. The van der Waals surface area contributed by atoms with Crippen molar-refractivity contribution in [3.63, 3.8) is 0 Å². The third-order valence-electron chi connectivity index (χ3n) is 5.46. The molecule has 9 nitrogen and oxygen atoms in total. The van der Waals surface area contributed by atoms with E-state index in [2.05, 4.69) is 15.5 Å². The molecule has 1 N–H and O–H groups in total. The summed E-state index contributed by atoms with van der Waals surface area (Å²) in [5.74, 6) is 0.506. The molecule has 0 spiro atoms. The summed E-state index contributed by atoms with van der Waals surface area (Å²) in [7, 11) is -2.24. The number of thiazole rings is 1. The van der Waals surface area contributed by atoms with Crippen LogP contribution in [0.25, 0.3) is 12.2 Å². The van der Waals surface area contributed by atoms with Crippen molar-refractivity contribution in [2.24, 2.45) is 5.92 Å². The Morgan fingerprint density at radius 1 is 1.24 bits per heavy atom. The SMILES string of the molecule is COc1ccc(C=Cc2onc(C)c2S(=O)(=O)N2CCC(C(=O)Nc3nccs3)CC2)cc1. The Hall–Kier alpha value is -3.02. The molecular formula is C22H24N4O5S2. The minimum Gasteiger partial charge on any atom is -0.497 e. The number of carbonyl (C=O) groups excluding carboxylic acids is 1. The van der Waals surface area contributed by atoms with Crippen LogP contribution in [-0.2, 0) is 14.8 Å². The molecule has 1 aromatic carbocycles. The zero-order chi connectivity index (χ0) is 23.4. The second kappa shape index (κ2) is 9.86. The van der Waals surface area contributed by atoms with Gasteiger partial charge in [-0.05, 0) is 43.5 Å². The lowest BCUT2D eigenvalue weighted by Gasteiger charge is -2.30. The van der Waals surface area contributed by atoms with E-state index < -0.39 is 10.0 Å². The molecule has 33 heavy (non-hydrogen) atoms. The number of aryl methyl sites for hydroxylation is 1. The first-order valence-corrected chi connectivity index (χ1v) is 12.7. The number of hydrogen-bond donors (Lipinski definition) is 1. The van der Waals surface area contributed by atoms with Gasteiger partial charge in [-0.1, -0.05) is 23.4 Å². The molecule has 4 rings (SSSR count). The molecule has 1 saturated heterocycles. The molecule has 1 fully saturated rings. The third-order valence-corrected chi connectivity index (χ3v) is 8.21. The highest BCUT2D eigenvalue weighted by atomic mass is 32.2. The van der Waals surface area contributed by atoms with E-state index in [1.807, 2.05) is 24.3 Å². The first-order valence-electron chi connectivity index (χ1n) is 10.4. The van der Waals surface area contributed by atoms with Gasteiger partial charge in [0.05, 0.1) is 7.11 Å². The number of carbonyl (C=O) groups is 1. The monoisotopic (exact) mass is 488 g/mol. The number of aromatic nitrogens is 2. The second-order valence-corrected chi connectivity index (χ2v) is 10.3. The summed E-state index contributed by atoms with van der Waals surface area (Å²) in [6, 6.07) is 7.35. The van der Waals surface area contributed by atoms with Crippen molar-refractivity contribution < 1.29 is 22.5 Å². The molecule has 0 unspecified atom stereocenters. The molecule has 0 aliphatic carbocycles. The lowest BCUT2D eigenvalue weighted by Crippen LogP contribution is -2.41. The van der Waals surface area contributed by atoms with E-state index in [1.165, 1.54) is 15.6 Å². The number of nitrogens with zero attached hydrogens (tertiary/aromatic N) is 3. The summed E-state index contributed by atoms with van der Waals surface area (Å²) >= 11 is 1.35. The van der Waals surface area contributed by atoms with E-state index in [1.54, 1.807) is 37.8 Å². The van der Waals surface area contributed by atoms with Crippen LogP contribution in [0.4, 0.5) is 5.13 Å². The van der Waals surface area contributed by atoms with Crippen LogP contribution in [0.15, 0.2) is 45.3 Å². The van der Waals surface area contributed by atoms with Crippen molar-refractivity contribution in [1.29, 1.82) is 0 Å². The number of hydrogen-bond acceptors (Lipinski definition) is 8. The fourth-order valence-corrected chi connectivity index (χ4v) is 5.92. The number of ether oxygens (including phenoxy) is 1. The van der Waals surface area contributed by atoms with Gasteiger partial charge in [0.15, 0.2) is 15.8 Å². The Morgan fingerprint density at radius 3 is 2.61 bits per heavy atom. The Balaban J connectivity index is 1.46. The molecule has 0 bridgehead atoms. The van der Waals surface area contributed by atoms with Crippen LogP contribution < -0.4 is 10.1 Å². The number of amides is 1. The lowest BCUT2D eigenvalue weighted by atomic mass is 9.97. The molecule has 0 atom stereocenters. The number of piperidine rings is 1. The van der Waals surface area contributed by atoms with Gasteiger partial charge in [-0.15, -0.1) is 11.3 Å². The Labute approximate surface area is 196 Å². The quantitative estimate of drug-likeness (QED) is 0.540. The summed E-state index contributed by atoms with van der Waals surface area (Å²) in [5.41, 5.74) is 1.16. The van der Waals surface area contributed by atoms with Crippen LogP contribution in [0.1, 0.15) is 29.9 Å². The largest absolute Gasteiger partial charge is 0.497 e. The van der Waals surface area contributed by atoms with Crippen molar-refractivity contribution in [2.45, 2.75) is 24.7 Å². The number of methoxy groups -OCH3 is 1. The van der Waals surface area contributed by atoms with Crippen molar-refractivity contribution in [1.82, 2.24) is 14.4 Å². The topological polar surface area (TPSA) is 115 Å².